The van der Waals surface area contributed by atoms with E-state index in [1.54, 1.807) is 6.07 Å². The Morgan fingerprint density at radius 2 is 1.90 bits per heavy atom. The van der Waals surface area contributed by atoms with Gasteiger partial charge in [-0.2, -0.15) is 0 Å². The molecule has 0 fully saturated rings. The van der Waals surface area contributed by atoms with Crippen LogP contribution in [-0.4, -0.2) is 6.54 Å². The Bertz CT molecular complexity index is 642. The first kappa shape index (κ1) is 13.4. The van der Waals surface area contributed by atoms with Gasteiger partial charge in [0.05, 0.1) is 15.8 Å². The fraction of sp³-hybridized carbons (Fsp3) is 0.250. The lowest BCUT2D eigenvalue weighted by Crippen LogP contribution is -2.19. The molecule has 4 heteroatoms. The van der Waals surface area contributed by atoms with E-state index in [1.807, 2.05) is 6.07 Å². The second kappa shape index (κ2) is 5.44. The number of benzene rings is 2. The van der Waals surface area contributed by atoms with Crippen LogP contribution in [0.1, 0.15) is 18.4 Å². The first-order chi connectivity index (χ1) is 9.66. The van der Waals surface area contributed by atoms with Gasteiger partial charge in [0, 0.05) is 18.3 Å². The van der Waals surface area contributed by atoms with Crippen molar-refractivity contribution in [2.75, 3.05) is 17.2 Å². The molecule has 3 rings (SSSR count). The van der Waals surface area contributed by atoms with Gasteiger partial charge < -0.3 is 10.6 Å². The van der Waals surface area contributed by atoms with Crippen LogP contribution in [0.5, 0.6) is 0 Å². The molecule has 2 N–H and O–H groups in total. The van der Waals surface area contributed by atoms with E-state index in [9.17, 15) is 4.39 Å². The summed E-state index contributed by atoms with van der Waals surface area (Å²) in [6.07, 6.45) is 3.34. The number of nitrogens with two attached hydrogens (primary N) is 1. The first-order valence-electron chi connectivity index (χ1n) is 6.77. The monoisotopic (exact) mass is 334 g/mol. The zero-order valence-electron chi connectivity index (χ0n) is 11.1. The molecule has 0 radical (unpaired) electrons. The predicted molar refractivity (Wildman–Crippen MR) is 84.9 cm³/mol. The van der Waals surface area contributed by atoms with Crippen molar-refractivity contribution in [3.63, 3.8) is 0 Å². The molecule has 1 aliphatic rings. The molecule has 0 spiro atoms. The third-order valence-electron chi connectivity index (χ3n) is 3.72. The molecule has 0 amide bonds. The molecule has 20 heavy (non-hydrogen) atoms. The van der Waals surface area contributed by atoms with E-state index >= 15 is 0 Å². The normalized spacial score (nSPS) is 14.8. The van der Waals surface area contributed by atoms with Gasteiger partial charge in [-0.1, -0.05) is 18.2 Å². The zero-order valence-corrected chi connectivity index (χ0v) is 12.7. The highest BCUT2D eigenvalue weighted by molar-refractivity contribution is 9.10. The molecule has 0 bridgehead atoms. The maximum Gasteiger partial charge on any atom is 0.139 e. The molecule has 1 heterocycles. The van der Waals surface area contributed by atoms with Gasteiger partial charge in [0.25, 0.3) is 0 Å². The Labute approximate surface area is 126 Å². The number of rotatable bonds is 1. The summed E-state index contributed by atoms with van der Waals surface area (Å²) in [6, 6.07) is 11.5. The van der Waals surface area contributed by atoms with Crippen LogP contribution in [-0.2, 0) is 6.42 Å². The predicted octanol–water partition coefficient (Wildman–Crippen LogP) is 4.64. The second-order valence-corrected chi connectivity index (χ2v) is 5.92. The molecule has 1 aliphatic heterocycles. The fourth-order valence-corrected chi connectivity index (χ4v) is 3.06. The standard InChI is InChI=1S/C16H16BrFN2/c17-12-9-16(14(19)10-13(12)18)20-8-4-3-6-11-5-1-2-7-15(11)20/h1-2,5,7,9-10H,3-4,6,8,19H2. The summed E-state index contributed by atoms with van der Waals surface area (Å²) in [4.78, 5) is 2.20. The molecule has 0 atom stereocenters. The highest BCUT2D eigenvalue weighted by Gasteiger charge is 2.19. The largest absolute Gasteiger partial charge is 0.397 e. The van der Waals surface area contributed by atoms with Crippen molar-refractivity contribution in [3.05, 3.63) is 52.3 Å². The maximum atomic E-state index is 13.6. The van der Waals surface area contributed by atoms with Gasteiger partial charge in [-0.3, -0.25) is 0 Å². The summed E-state index contributed by atoms with van der Waals surface area (Å²) in [5.41, 5.74) is 9.87. The quantitative estimate of drug-likeness (QED) is 0.769. The summed E-state index contributed by atoms with van der Waals surface area (Å²) in [5.74, 6) is -0.325. The van der Waals surface area contributed by atoms with Crippen molar-refractivity contribution >= 4 is 33.0 Å². The average molecular weight is 335 g/mol. The zero-order chi connectivity index (χ0) is 14.1. The number of hydrogen-bond acceptors (Lipinski definition) is 2. The van der Waals surface area contributed by atoms with Gasteiger partial charge in [0.15, 0.2) is 0 Å². The van der Waals surface area contributed by atoms with Gasteiger partial charge in [-0.15, -0.1) is 0 Å². The molecule has 2 aromatic carbocycles. The summed E-state index contributed by atoms with van der Waals surface area (Å²) in [5, 5.41) is 0. The second-order valence-electron chi connectivity index (χ2n) is 5.06. The van der Waals surface area contributed by atoms with Crippen molar-refractivity contribution in [1.82, 2.24) is 0 Å². The summed E-state index contributed by atoms with van der Waals surface area (Å²) in [6.45, 7) is 0.902. The average Bonchev–Trinajstić information content (AvgIpc) is 2.65. The van der Waals surface area contributed by atoms with Crippen LogP contribution in [0.3, 0.4) is 0 Å². The molecule has 0 saturated heterocycles. The number of aryl methyl sites for hydroxylation is 1. The van der Waals surface area contributed by atoms with E-state index in [0.29, 0.717) is 10.2 Å². The lowest BCUT2D eigenvalue weighted by Gasteiger charge is -2.26. The van der Waals surface area contributed by atoms with E-state index in [-0.39, 0.29) is 5.82 Å². The van der Waals surface area contributed by atoms with Crippen LogP contribution < -0.4 is 10.6 Å². The van der Waals surface area contributed by atoms with Gasteiger partial charge in [-0.25, -0.2) is 4.39 Å². The minimum Gasteiger partial charge on any atom is -0.397 e. The minimum atomic E-state index is -0.325. The van der Waals surface area contributed by atoms with E-state index in [1.165, 1.54) is 17.3 Å². The topological polar surface area (TPSA) is 29.3 Å². The van der Waals surface area contributed by atoms with Crippen LogP contribution in [0.2, 0.25) is 0 Å². The van der Waals surface area contributed by atoms with Gasteiger partial charge in [0.1, 0.15) is 5.82 Å². The summed E-state index contributed by atoms with van der Waals surface area (Å²) in [7, 11) is 0. The Kier molecular flexibility index (Phi) is 3.66. The van der Waals surface area contributed by atoms with Crippen LogP contribution >= 0.6 is 15.9 Å². The Morgan fingerprint density at radius 3 is 2.75 bits per heavy atom. The molecule has 0 aliphatic carbocycles. The first-order valence-corrected chi connectivity index (χ1v) is 7.56. The molecule has 0 aromatic heterocycles. The molecule has 2 aromatic rings. The van der Waals surface area contributed by atoms with Gasteiger partial charge >= 0.3 is 0 Å². The Morgan fingerprint density at radius 1 is 1.10 bits per heavy atom. The van der Waals surface area contributed by atoms with Crippen molar-refractivity contribution < 1.29 is 4.39 Å². The summed E-state index contributed by atoms with van der Waals surface area (Å²) < 4.78 is 14.0. The van der Waals surface area contributed by atoms with Crippen molar-refractivity contribution in [2.24, 2.45) is 0 Å². The number of anilines is 3. The molecule has 104 valence electrons. The van der Waals surface area contributed by atoms with Crippen LogP contribution in [0.4, 0.5) is 21.5 Å². The SMILES string of the molecule is Nc1cc(F)c(Br)cc1N1CCCCc2ccccc21. The third-order valence-corrected chi connectivity index (χ3v) is 4.33. The molecule has 2 nitrogen and oxygen atoms in total. The number of nitrogen functional groups attached to an aromatic ring is 1. The van der Waals surface area contributed by atoms with Crippen LogP contribution in [0.25, 0.3) is 0 Å². The highest BCUT2D eigenvalue weighted by Crippen LogP contribution is 2.37. The molecule has 0 unspecified atom stereocenters. The third kappa shape index (κ3) is 2.40. The van der Waals surface area contributed by atoms with E-state index in [4.69, 9.17) is 5.73 Å². The number of halogens is 2. The Balaban J connectivity index is 2.12. The van der Waals surface area contributed by atoms with Crippen molar-refractivity contribution in [3.8, 4) is 0 Å². The minimum absolute atomic E-state index is 0.325. The lowest BCUT2D eigenvalue weighted by atomic mass is 10.1. The van der Waals surface area contributed by atoms with Crippen molar-refractivity contribution in [2.45, 2.75) is 19.3 Å². The molecular formula is C16H16BrFN2. The fourth-order valence-electron chi connectivity index (χ4n) is 2.73. The van der Waals surface area contributed by atoms with E-state index < -0.39 is 0 Å². The molecule has 0 saturated carbocycles. The van der Waals surface area contributed by atoms with E-state index in [0.717, 1.165) is 31.5 Å². The summed E-state index contributed by atoms with van der Waals surface area (Å²) >= 11 is 3.25. The number of hydrogen-bond donors (Lipinski definition) is 1. The number of fused-ring (bicyclic) bond motifs is 1. The van der Waals surface area contributed by atoms with Gasteiger partial charge in [-0.05, 0) is 52.9 Å². The maximum absolute atomic E-state index is 13.6. The number of nitrogens with zero attached hydrogens (tertiary/aromatic N) is 1. The van der Waals surface area contributed by atoms with E-state index in [2.05, 4.69) is 39.0 Å². The van der Waals surface area contributed by atoms with Crippen LogP contribution in [0, 0.1) is 5.82 Å². The highest BCUT2D eigenvalue weighted by atomic mass is 79.9. The number of para-hydroxylation sites is 1. The Hall–Kier alpha value is -1.55. The molecular weight excluding hydrogens is 319 g/mol. The smallest absolute Gasteiger partial charge is 0.139 e. The lowest BCUT2D eigenvalue weighted by molar-refractivity contribution is 0.621. The van der Waals surface area contributed by atoms with Gasteiger partial charge in [0.2, 0.25) is 0 Å². The van der Waals surface area contributed by atoms with Crippen LogP contribution in [0.15, 0.2) is 40.9 Å². The van der Waals surface area contributed by atoms with Crippen molar-refractivity contribution in [1.29, 1.82) is 0 Å².